The van der Waals surface area contributed by atoms with Crippen molar-refractivity contribution in [2.45, 2.75) is 26.8 Å². The molecular formula is C22H18N4O4. The van der Waals surface area contributed by atoms with Crippen LogP contribution in [0, 0.1) is 6.92 Å². The third kappa shape index (κ3) is 3.32. The predicted octanol–water partition coefficient (Wildman–Crippen LogP) is 1.99. The van der Waals surface area contributed by atoms with Crippen molar-refractivity contribution in [3.8, 4) is 5.69 Å². The van der Waals surface area contributed by atoms with Crippen molar-refractivity contribution < 1.29 is 9.59 Å². The summed E-state index contributed by atoms with van der Waals surface area (Å²) in [5, 5.41) is 0.263. The van der Waals surface area contributed by atoms with E-state index < -0.39 is 11.2 Å². The lowest BCUT2D eigenvalue weighted by molar-refractivity contribution is -0.113. The minimum Gasteiger partial charge on any atom is -0.295 e. The molecule has 8 heteroatoms. The molecule has 4 rings (SSSR count). The van der Waals surface area contributed by atoms with E-state index in [0.29, 0.717) is 22.5 Å². The fourth-order valence-electron chi connectivity index (χ4n) is 3.45. The lowest BCUT2D eigenvalue weighted by Crippen LogP contribution is -2.40. The SMILES string of the molecule is CC(=O)c1ccc(-n2c(=O)n(CC3=CC(=O)CC=N3)c(=O)c3cccnc32)c(C)c1. The van der Waals surface area contributed by atoms with Crippen molar-refractivity contribution in [1.29, 1.82) is 0 Å². The van der Waals surface area contributed by atoms with Gasteiger partial charge in [0.15, 0.2) is 17.2 Å². The monoisotopic (exact) mass is 402 g/mol. The number of ketones is 2. The number of aliphatic imine (C=N–C) groups is 1. The molecule has 30 heavy (non-hydrogen) atoms. The molecular weight excluding hydrogens is 384 g/mol. The number of fused-ring (bicyclic) bond motifs is 1. The third-order valence-electron chi connectivity index (χ3n) is 4.94. The number of pyridine rings is 1. The van der Waals surface area contributed by atoms with Crippen LogP contribution in [0.2, 0.25) is 0 Å². The predicted molar refractivity (Wildman–Crippen MR) is 113 cm³/mol. The molecule has 3 aromatic rings. The molecule has 1 aliphatic heterocycles. The smallest absolute Gasteiger partial charge is 0.295 e. The molecule has 0 saturated carbocycles. The average molecular weight is 402 g/mol. The Balaban J connectivity index is 2.00. The second kappa shape index (κ2) is 7.47. The van der Waals surface area contributed by atoms with Gasteiger partial charge in [-0.1, -0.05) is 0 Å². The molecule has 1 aliphatic rings. The maximum atomic E-state index is 13.4. The van der Waals surface area contributed by atoms with Gasteiger partial charge in [-0.2, -0.15) is 0 Å². The Morgan fingerprint density at radius 1 is 1.17 bits per heavy atom. The minimum absolute atomic E-state index is 0.0864. The van der Waals surface area contributed by atoms with Gasteiger partial charge in [-0.05, 0) is 49.7 Å². The van der Waals surface area contributed by atoms with Crippen LogP contribution in [-0.4, -0.2) is 31.9 Å². The molecule has 8 nitrogen and oxygen atoms in total. The number of aryl methyl sites for hydroxylation is 1. The maximum Gasteiger partial charge on any atom is 0.337 e. The zero-order valence-electron chi connectivity index (χ0n) is 16.5. The van der Waals surface area contributed by atoms with Crippen molar-refractivity contribution in [3.63, 3.8) is 0 Å². The standard InChI is InChI=1S/C22H18N4O4/c1-13-10-15(14(2)27)5-6-19(13)26-20-18(4-3-8-24-20)21(29)25(22(26)30)12-16-11-17(28)7-9-23-16/h3-6,8-11H,7,12H2,1-2H3. The molecule has 0 N–H and O–H groups in total. The van der Waals surface area contributed by atoms with Crippen molar-refractivity contribution in [3.05, 3.63) is 80.3 Å². The van der Waals surface area contributed by atoms with Crippen LogP contribution >= 0.6 is 0 Å². The van der Waals surface area contributed by atoms with E-state index in [2.05, 4.69) is 9.98 Å². The van der Waals surface area contributed by atoms with Gasteiger partial charge in [-0.25, -0.2) is 14.3 Å². The zero-order chi connectivity index (χ0) is 21.4. The quantitative estimate of drug-likeness (QED) is 0.621. The van der Waals surface area contributed by atoms with E-state index in [1.165, 1.54) is 30.0 Å². The van der Waals surface area contributed by atoms with Crippen LogP contribution in [0.4, 0.5) is 0 Å². The summed E-state index contributed by atoms with van der Waals surface area (Å²) in [5.41, 5.74) is 1.18. The van der Waals surface area contributed by atoms with Gasteiger partial charge in [0, 0.05) is 30.5 Å². The zero-order valence-corrected chi connectivity index (χ0v) is 16.5. The van der Waals surface area contributed by atoms with Gasteiger partial charge in [0.1, 0.15) is 0 Å². The lowest BCUT2D eigenvalue weighted by Gasteiger charge is -2.16. The number of allylic oxidation sites excluding steroid dienone is 2. The van der Waals surface area contributed by atoms with E-state index in [9.17, 15) is 19.2 Å². The second-order valence-electron chi connectivity index (χ2n) is 7.06. The highest BCUT2D eigenvalue weighted by Gasteiger charge is 2.18. The summed E-state index contributed by atoms with van der Waals surface area (Å²) in [6.07, 6.45) is 4.52. The first-order valence-electron chi connectivity index (χ1n) is 9.35. The Hall–Kier alpha value is -3.94. The number of carbonyl (C=O) groups is 2. The Bertz CT molecular complexity index is 1390. The summed E-state index contributed by atoms with van der Waals surface area (Å²) in [6.45, 7) is 3.12. The molecule has 1 aromatic carbocycles. The topological polar surface area (TPSA) is 103 Å². The molecule has 0 aliphatic carbocycles. The number of hydrogen-bond donors (Lipinski definition) is 0. The van der Waals surface area contributed by atoms with E-state index in [1.54, 1.807) is 37.3 Å². The molecule has 0 saturated heterocycles. The fourth-order valence-corrected chi connectivity index (χ4v) is 3.45. The Morgan fingerprint density at radius 3 is 2.67 bits per heavy atom. The second-order valence-corrected chi connectivity index (χ2v) is 7.06. The van der Waals surface area contributed by atoms with Crippen LogP contribution in [0.5, 0.6) is 0 Å². The summed E-state index contributed by atoms with van der Waals surface area (Å²) < 4.78 is 2.40. The van der Waals surface area contributed by atoms with Crippen LogP contribution < -0.4 is 11.2 Å². The van der Waals surface area contributed by atoms with E-state index in [0.717, 1.165) is 4.57 Å². The molecule has 0 amide bonds. The van der Waals surface area contributed by atoms with Crippen LogP contribution in [0.1, 0.15) is 29.3 Å². The van der Waals surface area contributed by atoms with Gasteiger partial charge in [-0.15, -0.1) is 0 Å². The number of nitrogens with zero attached hydrogens (tertiary/aromatic N) is 4. The molecule has 0 atom stereocenters. The number of carbonyl (C=O) groups excluding carboxylic acids is 2. The Morgan fingerprint density at radius 2 is 1.97 bits per heavy atom. The number of aromatic nitrogens is 3. The van der Waals surface area contributed by atoms with Gasteiger partial charge in [0.25, 0.3) is 5.56 Å². The van der Waals surface area contributed by atoms with Crippen LogP contribution in [-0.2, 0) is 11.3 Å². The first kappa shape index (κ1) is 19.4. The fraction of sp³-hybridized carbons (Fsp3) is 0.182. The highest BCUT2D eigenvalue weighted by molar-refractivity contribution is 6.01. The summed E-state index contributed by atoms with van der Waals surface area (Å²) in [7, 11) is 0. The summed E-state index contributed by atoms with van der Waals surface area (Å²) in [6, 6.07) is 8.21. The maximum absolute atomic E-state index is 13.4. The molecule has 150 valence electrons. The largest absolute Gasteiger partial charge is 0.337 e. The third-order valence-corrected chi connectivity index (χ3v) is 4.94. The van der Waals surface area contributed by atoms with Gasteiger partial charge in [0.2, 0.25) is 0 Å². The number of Topliss-reactive ketones (excluding diaryl/α,β-unsaturated/α-hetero) is 1. The molecule has 0 fully saturated rings. The molecule has 3 heterocycles. The number of benzene rings is 1. The van der Waals surface area contributed by atoms with Crippen molar-refractivity contribution in [2.75, 3.05) is 0 Å². The Kier molecular flexibility index (Phi) is 4.83. The molecule has 0 unspecified atom stereocenters. The van der Waals surface area contributed by atoms with Crippen molar-refractivity contribution >= 4 is 28.8 Å². The van der Waals surface area contributed by atoms with Crippen LogP contribution in [0.15, 0.2) is 62.9 Å². The first-order chi connectivity index (χ1) is 14.4. The normalized spacial score (nSPS) is 13.5. The van der Waals surface area contributed by atoms with Crippen molar-refractivity contribution in [2.24, 2.45) is 4.99 Å². The lowest BCUT2D eigenvalue weighted by atomic mass is 10.1. The number of hydrogen-bond acceptors (Lipinski definition) is 6. The highest BCUT2D eigenvalue weighted by Crippen LogP contribution is 2.18. The highest BCUT2D eigenvalue weighted by atomic mass is 16.2. The molecule has 0 spiro atoms. The minimum atomic E-state index is -0.598. The average Bonchev–Trinajstić information content (AvgIpc) is 2.72. The van der Waals surface area contributed by atoms with Gasteiger partial charge >= 0.3 is 5.69 Å². The molecule has 0 radical (unpaired) electrons. The van der Waals surface area contributed by atoms with Crippen LogP contribution in [0.25, 0.3) is 16.7 Å². The van der Waals surface area contributed by atoms with E-state index in [1.807, 2.05) is 0 Å². The Labute approximate surface area is 170 Å². The van der Waals surface area contributed by atoms with Gasteiger partial charge in [0.05, 0.1) is 23.3 Å². The van der Waals surface area contributed by atoms with E-state index in [4.69, 9.17) is 0 Å². The van der Waals surface area contributed by atoms with Crippen LogP contribution in [0.3, 0.4) is 0 Å². The van der Waals surface area contributed by atoms with Crippen molar-refractivity contribution in [1.82, 2.24) is 14.1 Å². The van der Waals surface area contributed by atoms with E-state index in [-0.39, 0.29) is 35.6 Å². The summed E-state index contributed by atoms with van der Waals surface area (Å²) >= 11 is 0. The number of rotatable bonds is 4. The molecule has 2 aromatic heterocycles. The van der Waals surface area contributed by atoms with E-state index >= 15 is 0 Å². The summed E-state index contributed by atoms with van der Waals surface area (Å²) in [4.78, 5) is 58.2. The van der Waals surface area contributed by atoms with Gasteiger partial charge in [-0.3, -0.25) is 23.9 Å². The van der Waals surface area contributed by atoms with Gasteiger partial charge < -0.3 is 0 Å². The molecule has 0 bridgehead atoms. The first-order valence-corrected chi connectivity index (χ1v) is 9.35. The summed E-state index contributed by atoms with van der Waals surface area (Å²) in [5.74, 6) is -0.219.